The zero-order valence-electron chi connectivity index (χ0n) is 9.95. The summed E-state index contributed by atoms with van der Waals surface area (Å²) < 4.78 is 11.1. The third kappa shape index (κ3) is 2.47. The van der Waals surface area contributed by atoms with Gasteiger partial charge in [0.25, 0.3) is 0 Å². The van der Waals surface area contributed by atoms with Gasteiger partial charge in [-0.25, -0.2) is 0 Å². The molecule has 1 unspecified atom stereocenters. The number of hydrogen-bond acceptors (Lipinski definition) is 3. The normalized spacial score (nSPS) is 20.0. The van der Waals surface area contributed by atoms with Crippen LogP contribution in [0.1, 0.15) is 17.5 Å². The van der Waals surface area contributed by atoms with Gasteiger partial charge >= 0.3 is 0 Å². The molecule has 0 radical (unpaired) electrons. The van der Waals surface area contributed by atoms with E-state index < -0.39 is 0 Å². The third-order valence-corrected chi connectivity index (χ3v) is 3.08. The van der Waals surface area contributed by atoms with Crippen LogP contribution in [0.4, 0.5) is 5.69 Å². The first-order chi connectivity index (χ1) is 7.66. The molecule has 1 heterocycles. The fraction of sp³-hybridized carbons (Fsp3) is 0.538. The van der Waals surface area contributed by atoms with Gasteiger partial charge in [-0.3, -0.25) is 0 Å². The number of benzene rings is 1. The molecule has 0 spiro atoms. The Morgan fingerprint density at radius 2 is 2.06 bits per heavy atom. The molecule has 1 aliphatic rings. The fourth-order valence-corrected chi connectivity index (χ4v) is 1.95. The number of ether oxygens (including phenoxy) is 2. The molecular formula is C13H19NO2. The zero-order valence-corrected chi connectivity index (χ0v) is 9.95. The Kier molecular flexibility index (Phi) is 3.34. The van der Waals surface area contributed by atoms with Crippen molar-refractivity contribution < 1.29 is 9.47 Å². The van der Waals surface area contributed by atoms with E-state index in [-0.39, 0.29) is 0 Å². The summed E-state index contributed by atoms with van der Waals surface area (Å²) in [6.07, 6.45) is 1.10. The molecule has 2 N–H and O–H groups in total. The molecule has 0 bridgehead atoms. The highest BCUT2D eigenvalue weighted by atomic mass is 16.5. The van der Waals surface area contributed by atoms with Crippen LogP contribution in [0.15, 0.2) is 12.1 Å². The predicted molar refractivity (Wildman–Crippen MR) is 64.7 cm³/mol. The lowest BCUT2D eigenvalue weighted by Crippen LogP contribution is -2.11. The molecule has 0 aliphatic carbocycles. The van der Waals surface area contributed by atoms with E-state index in [9.17, 15) is 0 Å². The van der Waals surface area contributed by atoms with Crippen LogP contribution in [-0.4, -0.2) is 19.8 Å². The lowest BCUT2D eigenvalue weighted by molar-refractivity contribution is 0.167. The maximum Gasteiger partial charge on any atom is 0.119 e. The molecule has 3 heteroatoms. The second kappa shape index (κ2) is 4.74. The van der Waals surface area contributed by atoms with Gasteiger partial charge in [-0.2, -0.15) is 0 Å². The summed E-state index contributed by atoms with van der Waals surface area (Å²) >= 11 is 0. The van der Waals surface area contributed by atoms with E-state index in [2.05, 4.69) is 0 Å². The van der Waals surface area contributed by atoms with E-state index >= 15 is 0 Å². The van der Waals surface area contributed by atoms with Crippen molar-refractivity contribution >= 4 is 5.69 Å². The first-order valence-electron chi connectivity index (χ1n) is 5.74. The van der Waals surface area contributed by atoms with Crippen molar-refractivity contribution in [1.82, 2.24) is 0 Å². The summed E-state index contributed by atoms with van der Waals surface area (Å²) in [7, 11) is 0. The number of aryl methyl sites for hydroxylation is 2. The fourth-order valence-electron chi connectivity index (χ4n) is 1.95. The highest BCUT2D eigenvalue weighted by Gasteiger charge is 2.16. The van der Waals surface area contributed by atoms with Crippen LogP contribution < -0.4 is 10.5 Å². The Bertz CT molecular complexity index is 347. The van der Waals surface area contributed by atoms with Crippen molar-refractivity contribution in [2.75, 3.05) is 25.6 Å². The maximum absolute atomic E-state index is 5.89. The van der Waals surface area contributed by atoms with Gasteiger partial charge in [-0.05, 0) is 43.5 Å². The van der Waals surface area contributed by atoms with Crippen LogP contribution in [0.5, 0.6) is 5.75 Å². The first-order valence-corrected chi connectivity index (χ1v) is 5.74. The van der Waals surface area contributed by atoms with Crippen LogP contribution in [-0.2, 0) is 4.74 Å². The van der Waals surface area contributed by atoms with Gasteiger partial charge in [0, 0.05) is 18.2 Å². The molecule has 16 heavy (non-hydrogen) atoms. The summed E-state index contributed by atoms with van der Waals surface area (Å²) in [5.41, 5.74) is 8.91. The standard InChI is InChI=1S/C13H19NO2/c1-9-5-12(6-10(2)13(9)14)16-8-11-3-4-15-7-11/h5-6,11H,3-4,7-8,14H2,1-2H3. The highest BCUT2D eigenvalue weighted by molar-refractivity contribution is 5.56. The molecule has 3 nitrogen and oxygen atoms in total. The topological polar surface area (TPSA) is 44.5 Å². The van der Waals surface area contributed by atoms with Crippen LogP contribution >= 0.6 is 0 Å². The van der Waals surface area contributed by atoms with Crippen molar-refractivity contribution in [3.8, 4) is 5.75 Å². The Morgan fingerprint density at radius 3 is 2.62 bits per heavy atom. The molecule has 88 valence electrons. The maximum atomic E-state index is 5.89. The molecule has 0 amide bonds. The monoisotopic (exact) mass is 221 g/mol. The molecule has 1 atom stereocenters. The van der Waals surface area contributed by atoms with Gasteiger partial charge in [-0.1, -0.05) is 0 Å². The van der Waals surface area contributed by atoms with E-state index in [4.69, 9.17) is 15.2 Å². The van der Waals surface area contributed by atoms with Gasteiger partial charge < -0.3 is 15.2 Å². The summed E-state index contributed by atoms with van der Waals surface area (Å²) in [5, 5.41) is 0. The minimum atomic E-state index is 0.540. The summed E-state index contributed by atoms with van der Waals surface area (Å²) in [4.78, 5) is 0. The van der Waals surface area contributed by atoms with Gasteiger partial charge in [-0.15, -0.1) is 0 Å². The lowest BCUT2D eigenvalue weighted by atomic mass is 10.1. The zero-order chi connectivity index (χ0) is 11.5. The summed E-state index contributed by atoms with van der Waals surface area (Å²) in [6.45, 7) is 6.45. The Labute approximate surface area is 96.5 Å². The van der Waals surface area contributed by atoms with Crippen molar-refractivity contribution in [2.24, 2.45) is 5.92 Å². The van der Waals surface area contributed by atoms with Gasteiger partial charge in [0.15, 0.2) is 0 Å². The molecule has 1 aromatic rings. The van der Waals surface area contributed by atoms with E-state index in [1.165, 1.54) is 0 Å². The number of nitrogen functional groups attached to an aromatic ring is 1. The quantitative estimate of drug-likeness (QED) is 0.796. The average molecular weight is 221 g/mol. The van der Waals surface area contributed by atoms with Crippen LogP contribution in [0.2, 0.25) is 0 Å². The minimum Gasteiger partial charge on any atom is -0.493 e. The predicted octanol–water partition coefficient (Wildman–Crippen LogP) is 2.30. The number of rotatable bonds is 3. The van der Waals surface area contributed by atoms with E-state index in [0.29, 0.717) is 5.92 Å². The SMILES string of the molecule is Cc1cc(OCC2CCOC2)cc(C)c1N. The molecule has 1 saturated heterocycles. The second-order valence-corrected chi connectivity index (χ2v) is 4.51. The largest absolute Gasteiger partial charge is 0.493 e. The van der Waals surface area contributed by atoms with Gasteiger partial charge in [0.1, 0.15) is 5.75 Å². The molecular weight excluding hydrogens is 202 g/mol. The molecule has 2 rings (SSSR count). The lowest BCUT2D eigenvalue weighted by Gasteiger charge is -2.13. The summed E-state index contributed by atoms with van der Waals surface area (Å²) in [5.74, 6) is 1.45. The summed E-state index contributed by atoms with van der Waals surface area (Å²) in [6, 6.07) is 4.00. The first kappa shape index (κ1) is 11.3. The minimum absolute atomic E-state index is 0.540. The van der Waals surface area contributed by atoms with Crippen LogP contribution in [0, 0.1) is 19.8 Å². The molecule has 0 saturated carbocycles. The number of anilines is 1. The number of nitrogens with two attached hydrogens (primary N) is 1. The van der Waals surface area contributed by atoms with Crippen molar-refractivity contribution in [2.45, 2.75) is 20.3 Å². The third-order valence-electron chi connectivity index (χ3n) is 3.08. The molecule has 1 aromatic carbocycles. The smallest absolute Gasteiger partial charge is 0.119 e. The van der Waals surface area contributed by atoms with E-state index in [1.807, 2.05) is 26.0 Å². The Balaban J connectivity index is 1.98. The van der Waals surface area contributed by atoms with Gasteiger partial charge in [0.2, 0.25) is 0 Å². The Hall–Kier alpha value is -1.22. The van der Waals surface area contributed by atoms with Crippen molar-refractivity contribution in [3.05, 3.63) is 23.3 Å². The van der Waals surface area contributed by atoms with E-state index in [0.717, 1.165) is 48.8 Å². The number of hydrogen-bond donors (Lipinski definition) is 1. The second-order valence-electron chi connectivity index (χ2n) is 4.51. The molecule has 0 aromatic heterocycles. The van der Waals surface area contributed by atoms with Gasteiger partial charge in [0.05, 0.1) is 13.2 Å². The molecule has 1 aliphatic heterocycles. The Morgan fingerprint density at radius 1 is 1.38 bits per heavy atom. The highest BCUT2D eigenvalue weighted by Crippen LogP contribution is 2.24. The van der Waals surface area contributed by atoms with Crippen molar-refractivity contribution in [3.63, 3.8) is 0 Å². The van der Waals surface area contributed by atoms with Crippen LogP contribution in [0.25, 0.3) is 0 Å². The average Bonchev–Trinajstić information content (AvgIpc) is 2.75. The van der Waals surface area contributed by atoms with Crippen molar-refractivity contribution in [1.29, 1.82) is 0 Å². The molecule has 1 fully saturated rings. The van der Waals surface area contributed by atoms with E-state index in [1.54, 1.807) is 0 Å². The van der Waals surface area contributed by atoms with Crippen LogP contribution in [0.3, 0.4) is 0 Å².